The van der Waals surface area contributed by atoms with E-state index in [-0.39, 0.29) is 11.7 Å². The van der Waals surface area contributed by atoms with Crippen molar-refractivity contribution in [1.29, 1.82) is 0 Å². The van der Waals surface area contributed by atoms with Crippen LogP contribution in [-0.2, 0) is 4.79 Å². The van der Waals surface area contributed by atoms with E-state index in [1.807, 2.05) is 0 Å². The van der Waals surface area contributed by atoms with Gasteiger partial charge in [-0.25, -0.2) is 9.18 Å². The summed E-state index contributed by atoms with van der Waals surface area (Å²) in [6.45, 7) is 5.27. The molecule has 1 aromatic rings. The molecule has 0 bridgehead atoms. The molecule has 4 heteroatoms. The van der Waals surface area contributed by atoms with E-state index >= 15 is 0 Å². The summed E-state index contributed by atoms with van der Waals surface area (Å²) in [5.74, 6) is -1.34. The van der Waals surface area contributed by atoms with E-state index in [0.29, 0.717) is 11.3 Å². The van der Waals surface area contributed by atoms with Crippen molar-refractivity contribution in [3.8, 4) is 0 Å². The number of aliphatic carboxylic acids is 1. The Morgan fingerprint density at radius 1 is 1.44 bits per heavy atom. The Labute approximate surface area is 94.3 Å². The van der Waals surface area contributed by atoms with Crippen LogP contribution in [0.2, 0.25) is 0 Å². The molecule has 16 heavy (non-hydrogen) atoms. The highest BCUT2D eigenvalue weighted by molar-refractivity contribution is 5.77. The third-order valence-electron chi connectivity index (χ3n) is 2.43. The molecular formula is C12H16FNO2. The van der Waals surface area contributed by atoms with Crippen molar-refractivity contribution in [3.63, 3.8) is 0 Å². The molecule has 0 fully saturated rings. The molecule has 0 aliphatic carbocycles. The van der Waals surface area contributed by atoms with Gasteiger partial charge in [-0.15, -0.1) is 0 Å². The highest BCUT2D eigenvalue weighted by Crippen LogP contribution is 2.16. The number of carbonyl (C=O) groups is 1. The van der Waals surface area contributed by atoms with Crippen LogP contribution in [-0.4, -0.2) is 17.1 Å². The maximum absolute atomic E-state index is 13.2. The molecule has 0 saturated heterocycles. The number of halogens is 1. The summed E-state index contributed by atoms with van der Waals surface area (Å²) >= 11 is 0. The number of rotatable bonds is 4. The topological polar surface area (TPSA) is 49.3 Å². The lowest BCUT2D eigenvalue weighted by Crippen LogP contribution is -2.34. The number of benzene rings is 1. The van der Waals surface area contributed by atoms with Crippen LogP contribution in [0.25, 0.3) is 0 Å². The molecule has 1 rings (SSSR count). The van der Waals surface area contributed by atoms with Gasteiger partial charge < -0.3 is 10.4 Å². The number of aryl methyl sites for hydroxylation is 1. The average molecular weight is 225 g/mol. The Bertz CT molecular complexity index is 391. The molecule has 0 aliphatic heterocycles. The number of nitrogens with one attached hydrogen (secondary N) is 1. The largest absolute Gasteiger partial charge is 0.480 e. The highest BCUT2D eigenvalue weighted by Gasteiger charge is 2.21. The highest BCUT2D eigenvalue weighted by atomic mass is 19.1. The summed E-state index contributed by atoms with van der Waals surface area (Å²) in [7, 11) is 0. The Morgan fingerprint density at radius 2 is 2.06 bits per heavy atom. The molecule has 1 atom stereocenters. The van der Waals surface area contributed by atoms with Crippen LogP contribution in [0.1, 0.15) is 19.4 Å². The van der Waals surface area contributed by atoms with Gasteiger partial charge in [0.1, 0.15) is 11.9 Å². The summed E-state index contributed by atoms with van der Waals surface area (Å²) in [6, 6.07) is 3.91. The molecule has 0 aliphatic rings. The van der Waals surface area contributed by atoms with E-state index in [4.69, 9.17) is 5.11 Å². The van der Waals surface area contributed by atoms with Gasteiger partial charge in [0.15, 0.2) is 0 Å². The normalized spacial score (nSPS) is 12.6. The fourth-order valence-electron chi connectivity index (χ4n) is 1.38. The van der Waals surface area contributed by atoms with Crippen LogP contribution in [0.3, 0.4) is 0 Å². The lowest BCUT2D eigenvalue weighted by atomic mass is 10.0. The second kappa shape index (κ2) is 4.96. The van der Waals surface area contributed by atoms with Crippen molar-refractivity contribution >= 4 is 11.7 Å². The van der Waals surface area contributed by atoms with Crippen molar-refractivity contribution in [2.45, 2.75) is 26.8 Å². The summed E-state index contributed by atoms with van der Waals surface area (Å²) < 4.78 is 13.2. The Kier molecular flexibility index (Phi) is 3.88. The van der Waals surface area contributed by atoms with E-state index in [1.54, 1.807) is 32.9 Å². The molecule has 0 radical (unpaired) electrons. The monoisotopic (exact) mass is 225 g/mol. The number of carboxylic acids is 1. The number of anilines is 1. The maximum atomic E-state index is 13.2. The van der Waals surface area contributed by atoms with Crippen LogP contribution in [0.15, 0.2) is 18.2 Å². The molecule has 0 amide bonds. The molecule has 3 nitrogen and oxygen atoms in total. The smallest absolute Gasteiger partial charge is 0.326 e. The summed E-state index contributed by atoms with van der Waals surface area (Å²) in [6.07, 6.45) is 0. The molecule has 0 spiro atoms. The van der Waals surface area contributed by atoms with Gasteiger partial charge in [0.2, 0.25) is 0 Å². The van der Waals surface area contributed by atoms with Crippen LogP contribution >= 0.6 is 0 Å². The van der Waals surface area contributed by atoms with Crippen molar-refractivity contribution in [2.24, 2.45) is 5.92 Å². The fraction of sp³-hybridized carbons (Fsp3) is 0.417. The van der Waals surface area contributed by atoms with Gasteiger partial charge in [0.25, 0.3) is 0 Å². The van der Waals surface area contributed by atoms with Gasteiger partial charge in [-0.05, 0) is 30.5 Å². The molecule has 88 valence electrons. The van der Waals surface area contributed by atoms with Gasteiger partial charge in [-0.3, -0.25) is 0 Å². The Morgan fingerprint density at radius 3 is 2.50 bits per heavy atom. The van der Waals surface area contributed by atoms with Gasteiger partial charge in [0, 0.05) is 5.69 Å². The Hall–Kier alpha value is -1.58. The number of carboxylic acid groups (broad SMARTS) is 1. The number of hydrogen-bond acceptors (Lipinski definition) is 2. The zero-order valence-corrected chi connectivity index (χ0v) is 9.62. The van der Waals surface area contributed by atoms with Crippen molar-refractivity contribution in [2.75, 3.05) is 5.32 Å². The first-order valence-electron chi connectivity index (χ1n) is 5.17. The minimum absolute atomic E-state index is 0.0677. The first-order valence-corrected chi connectivity index (χ1v) is 5.17. The van der Waals surface area contributed by atoms with Crippen molar-refractivity contribution in [1.82, 2.24) is 0 Å². The standard InChI is InChI=1S/C12H16FNO2/c1-7(2)11(12(15)16)14-9-5-4-8(3)10(13)6-9/h4-7,11,14H,1-3H3,(H,15,16). The lowest BCUT2D eigenvalue weighted by Gasteiger charge is -2.19. The van der Waals surface area contributed by atoms with Crippen LogP contribution in [0.5, 0.6) is 0 Å². The second-order valence-corrected chi connectivity index (χ2v) is 4.17. The predicted molar refractivity (Wildman–Crippen MR) is 61.0 cm³/mol. The second-order valence-electron chi connectivity index (χ2n) is 4.17. The first kappa shape index (κ1) is 12.5. The summed E-state index contributed by atoms with van der Waals surface area (Å²) in [5, 5.41) is 11.8. The van der Waals surface area contributed by atoms with Crippen molar-refractivity contribution < 1.29 is 14.3 Å². The number of hydrogen-bond donors (Lipinski definition) is 2. The van der Waals surface area contributed by atoms with E-state index in [0.717, 1.165) is 0 Å². The van der Waals surface area contributed by atoms with Crippen LogP contribution < -0.4 is 5.32 Å². The van der Waals surface area contributed by atoms with E-state index in [2.05, 4.69) is 5.32 Å². The molecular weight excluding hydrogens is 209 g/mol. The van der Waals surface area contributed by atoms with Crippen LogP contribution in [0, 0.1) is 18.7 Å². The quantitative estimate of drug-likeness (QED) is 0.828. The SMILES string of the molecule is Cc1ccc(NC(C(=O)O)C(C)C)cc1F. The predicted octanol–water partition coefficient (Wildman–Crippen LogP) is 2.66. The van der Waals surface area contributed by atoms with Crippen molar-refractivity contribution in [3.05, 3.63) is 29.6 Å². The first-order chi connectivity index (χ1) is 7.41. The van der Waals surface area contributed by atoms with Gasteiger partial charge in [0.05, 0.1) is 0 Å². The molecule has 2 N–H and O–H groups in total. The fourth-order valence-corrected chi connectivity index (χ4v) is 1.38. The van der Waals surface area contributed by atoms with E-state index < -0.39 is 12.0 Å². The van der Waals surface area contributed by atoms with Gasteiger partial charge >= 0.3 is 5.97 Å². The molecule has 0 saturated carbocycles. The maximum Gasteiger partial charge on any atom is 0.326 e. The zero-order valence-electron chi connectivity index (χ0n) is 9.62. The minimum atomic E-state index is -0.934. The lowest BCUT2D eigenvalue weighted by molar-refractivity contribution is -0.138. The van der Waals surface area contributed by atoms with E-state index in [1.165, 1.54) is 6.07 Å². The zero-order chi connectivity index (χ0) is 12.3. The molecule has 0 aromatic heterocycles. The minimum Gasteiger partial charge on any atom is -0.480 e. The molecule has 1 aromatic carbocycles. The summed E-state index contributed by atoms with van der Waals surface area (Å²) in [4.78, 5) is 10.9. The van der Waals surface area contributed by atoms with E-state index in [9.17, 15) is 9.18 Å². The van der Waals surface area contributed by atoms with Crippen LogP contribution in [0.4, 0.5) is 10.1 Å². The van der Waals surface area contributed by atoms with Gasteiger partial charge in [-0.1, -0.05) is 19.9 Å². The third-order valence-corrected chi connectivity index (χ3v) is 2.43. The molecule has 1 unspecified atom stereocenters. The average Bonchev–Trinajstić information content (AvgIpc) is 2.18. The summed E-state index contributed by atoms with van der Waals surface area (Å²) in [5.41, 5.74) is 1.03. The Balaban J connectivity index is 2.86. The van der Waals surface area contributed by atoms with Gasteiger partial charge in [-0.2, -0.15) is 0 Å². The third kappa shape index (κ3) is 2.95. The molecule has 0 heterocycles.